The van der Waals surface area contributed by atoms with E-state index < -0.39 is 0 Å². The van der Waals surface area contributed by atoms with E-state index in [2.05, 4.69) is 15.6 Å². The molecule has 122 valence electrons. The van der Waals surface area contributed by atoms with Crippen LogP contribution in [0.2, 0.25) is 0 Å². The molecule has 2 heterocycles. The Morgan fingerprint density at radius 2 is 2.32 bits per heavy atom. The second-order valence-corrected chi connectivity index (χ2v) is 5.42. The number of aromatic nitrogens is 3. The van der Waals surface area contributed by atoms with Gasteiger partial charge >= 0.3 is 0 Å². The zero-order valence-electron chi connectivity index (χ0n) is 12.9. The van der Waals surface area contributed by atoms with Crippen molar-refractivity contribution in [1.29, 1.82) is 0 Å². The third-order valence-corrected chi connectivity index (χ3v) is 3.75. The van der Waals surface area contributed by atoms with Crippen molar-refractivity contribution in [1.82, 2.24) is 25.2 Å². The molecule has 8 nitrogen and oxygen atoms in total. The number of hydrogen-bond acceptors (Lipinski definition) is 5. The highest BCUT2D eigenvalue weighted by Crippen LogP contribution is 2.16. The molecule has 0 unspecified atom stereocenters. The number of carbonyl (C=O) groups excluding carboxylic acids is 2. The molecule has 0 radical (unpaired) electrons. The Balaban J connectivity index is 1.68. The molecule has 1 saturated heterocycles. The summed E-state index contributed by atoms with van der Waals surface area (Å²) in [6.07, 6.45) is 5.90. The highest BCUT2D eigenvalue weighted by molar-refractivity contribution is 5.81. The van der Waals surface area contributed by atoms with Gasteiger partial charge in [0.2, 0.25) is 11.8 Å². The molecule has 1 aliphatic rings. The van der Waals surface area contributed by atoms with Crippen molar-refractivity contribution < 1.29 is 14.3 Å². The van der Waals surface area contributed by atoms with Gasteiger partial charge in [-0.15, -0.1) is 5.10 Å². The highest BCUT2D eigenvalue weighted by Gasteiger charge is 2.27. The van der Waals surface area contributed by atoms with Crippen LogP contribution in [0.4, 0.5) is 0 Å². The molecule has 8 heteroatoms. The van der Waals surface area contributed by atoms with Crippen molar-refractivity contribution in [2.75, 3.05) is 33.4 Å². The zero-order chi connectivity index (χ0) is 15.8. The van der Waals surface area contributed by atoms with Crippen LogP contribution in [0.25, 0.3) is 0 Å². The van der Waals surface area contributed by atoms with Crippen LogP contribution in [0.15, 0.2) is 12.4 Å². The lowest BCUT2D eigenvalue weighted by Gasteiger charge is -2.31. The molecule has 0 aliphatic carbocycles. The van der Waals surface area contributed by atoms with Gasteiger partial charge in [-0.2, -0.15) is 0 Å². The van der Waals surface area contributed by atoms with Crippen LogP contribution in [-0.2, 0) is 20.9 Å². The SMILES string of the molecule is COCC(=O)N1CCC[C@H](C(=O)NCCCn2ccnn2)C1. The number of ether oxygens (including phenoxy) is 1. The molecule has 1 aliphatic heterocycles. The minimum Gasteiger partial charge on any atom is -0.375 e. The van der Waals surface area contributed by atoms with Gasteiger partial charge in [-0.1, -0.05) is 5.21 Å². The van der Waals surface area contributed by atoms with Crippen LogP contribution < -0.4 is 5.32 Å². The van der Waals surface area contributed by atoms with Crippen LogP contribution in [0.1, 0.15) is 19.3 Å². The number of amides is 2. The first-order chi connectivity index (χ1) is 10.7. The predicted molar refractivity (Wildman–Crippen MR) is 78.8 cm³/mol. The molecule has 0 saturated carbocycles. The van der Waals surface area contributed by atoms with Crippen LogP contribution in [0, 0.1) is 5.92 Å². The number of rotatable bonds is 7. The summed E-state index contributed by atoms with van der Waals surface area (Å²) in [7, 11) is 1.50. The van der Waals surface area contributed by atoms with Crippen molar-refractivity contribution in [2.24, 2.45) is 5.92 Å². The summed E-state index contributed by atoms with van der Waals surface area (Å²) in [6.45, 7) is 2.59. The van der Waals surface area contributed by atoms with Gasteiger partial charge in [0.05, 0.1) is 12.1 Å². The number of carbonyl (C=O) groups is 2. The van der Waals surface area contributed by atoms with Gasteiger partial charge in [-0.05, 0) is 19.3 Å². The van der Waals surface area contributed by atoms with Crippen molar-refractivity contribution in [3.05, 3.63) is 12.4 Å². The summed E-state index contributed by atoms with van der Waals surface area (Å²) in [4.78, 5) is 25.7. The zero-order valence-corrected chi connectivity index (χ0v) is 12.9. The monoisotopic (exact) mass is 309 g/mol. The molecule has 1 aromatic rings. The van der Waals surface area contributed by atoms with Gasteiger partial charge in [0.1, 0.15) is 6.61 Å². The molecule has 22 heavy (non-hydrogen) atoms. The molecule has 2 amide bonds. The van der Waals surface area contributed by atoms with Crippen molar-refractivity contribution in [2.45, 2.75) is 25.8 Å². The smallest absolute Gasteiger partial charge is 0.248 e. The molecule has 1 fully saturated rings. The number of aryl methyl sites for hydroxylation is 1. The van der Waals surface area contributed by atoms with Crippen LogP contribution in [0.5, 0.6) is 0 Å². The van der Waals surface area contributed by atoms with E-state index in [9.17, 15) is 9.59 Å². The Hall–Kier alpha value is -1.96. The van der Waals surface area contributed by atoms with Gasteiger partial charge in [-0.3, -0.25) is 14.3 Å². The Kier molecular flexibility index (Phi) is 6.32. The van der Waals surface area contributed by atoms with Crippen LogP contribution in [-0.4, -0.2) is 65.1 Å². The molecular weight excluding hydrogens is 286 g/mol. The van der Waals surface area contributed by atoms with E-state index >= 15 is 0 Å². The number of methoxy groups -OCH3 is 1. The van der Waals surface area contributed by atoms with E-state index in [4.69, 9.17) is 4.74 Å². The average molecular weight is 309 g/mol. The van der Waals surface area contributed by atoms with Crippen LogP contribution in [0.3, 0.4) is 0 Å². The Bertz CT molecular complexity index is 477. The molecule has 1 aromatic heterocycles. The summed E-state index contributed by atoms with van der Waals surface area (Å²) in [5.74, 6) is -0.152. The fraction of sp³-hybridized carbons (Fsp3) is 0.714. The third-order valence-electron chi connectivity index (χ3n) is 3.75. The summed E-state index contributed by atoms with van der Waals surface area (Å²) < 4.78 is 6.60. The summed E-state index contributed by atoms with van der Waals surface area (Å²) in [5.41, 5.74) is 0. The third kappa shape index (κ3) is 4.80. The normalized spacial score (nSPS) is 18.2. The molecular formula is C14H23N5O3. The Labute approximate surface area is 129 Å². The van der Waals surface area contributed by atoms with E-state index in [1.165, 1.54) is 7.11 Å². The molecule has 0 spiro atoms. The van der Waals surface area contributed by atoms with E-state index in [0.717, 1.165) is 25.8 Å². The maximum atomic E-state index is 12.2. The minimum absolute atomic E-state index is 0.0218. The Morgan fingerprint density at radius 1 is 1.45 bits per heavy atom. The van der Waals surface area contributed by atoms with Crippen molar-refractivity contribution in [3.8, 4) is 0 Å². The quantitative estimate of drug-likeness (QED) is 0.697. The lowest BCUT2D eigenvalue weighted by atomic mass is 9.97. The topological polar surface area (TPSA) is 89.4 Å². The number of likely N-dealkylation sites (tertiary alicyclic amines) is 1. The first kappa shape index (κ1) is 16.4. The van der Waals surface area contributed by atoms with E-state index in [0.29, 0.717) is 19.6 Å². The van der Waals surface area contributed by atoms with E-state index in [1.807, 2.05) is 0 Å². The standard InChI is InChI=1S/C14H23N5O3/c1-22-11-13(20)18-7-2-4-12(10-18)14(21)15-5-3-8-19-9-6-16-17-19/h6,9,12H,2-5,7-8,10-11H2,1H3,(H,15,21)/t12-/m0/s1. The van der Waals surface area contributed by atoms with Crippen molar-refractivity contribution in [3.63, 3.8) is 0 Å². The lowest BCUT2D eigenvalue weighted by Crippen LogP contribution is -2.46. The number of hydrogen-bond donors (Lipinski definition) is 1. The molecule has 0 bridgehead atoms. The number of nitrogens with zero attached hydrogens (tertiary/aromatic N) is 4. The summed E-state index contributed by atoms with van der Waals surface area (Å²) in [6, 6.07) is 0. The number of piperidine rings is 1. The van der Waals surface area contributed by atoms with Gasteiger partial charge in [0, 0.05) is 39.5 Å². The Morgan fingerprint density at radius 3 is 3.05 bits per heavy atom. The second kappa shape index (κ2) is 8.47. The van der Waals surface area contributed by atoms with Gasteiger partial charge < -0.3 is 15.0 Å². The van der Waals surface area contributed by atoms with Crippen LogP contribution >= 0.6 is 0 Å². The van der Waals surface area contributed by atoms with Gasteiger partial charge in [0.15, 0.2) is 0 Å². The molecule has 0 aromatic carbocycles. The minimum atomic E-state index is -0.124. The summed E-state index contributed by atoms with van der Waals surface area (Å²) in [5, 5.41) is 10.5. The van der Waals surface area contributed by atoms with Gasteiger partial charge in [-0.25, -0.2) is 0 Å². The molecule has 1 N–H and O–H groups in total. The second-order valence-electron chi connectivity index (χ2n) is 5.42. The maximum absolute atomic E-state index is 12.2. The highest BCUT2D eigenvalue weighted by atomic mass is 16.5. The first-order valence-electron chi connectivity index (χ1n) is 7.59. The first-order valence-corrected chi connectivity index (χ1v) is 7.59. The van der Waals surface area contributed by atoms with E-state index in [1.54, 1.807) is 22.0 Å². The molecule has 2 rings (SSSR count). The lowest BCUT2D eigenvalue weighted by molar-refractivity contribution is -0.138. The predicted octanol–water partition coefficient (Wildman–Crippen LogP) is -0.331. The van der Waals surface area contributed by atoms with Crippen molar-refractivity contribution >= 4 is 11.8 Å². The fourth-order valence-corrected chi connectivity index (χ4v) is 2.58. The van der Waals surface area contributed by atoms with Gasteiger partial charge in [0.25, 0.3) is 0 Å². The fourth-order valence-electron chi connectivity index (χ4n) is 2.58. The largest absolute Gasteiger partial charge is 0.375 e. The number of nitrogens with one attached hydrogen (secondary N) is 1. The van der Waals surface area contributed by atoms with E-state index in [-0.39, 0.29) is 24.3 Å². The average Bonchev–Trinajstić information content (AvgIpc) is 3.05. The molecule has 1 atom stereocenters. The maximum Gasteiger partial charge on any atom is 0.248 e. The summed E-state index contributed by atoms with van der Waals surface area (Å²) >= 11 is 0.